The fourth-order valence-electron chi connectivity index (χ4n) is 3.60. The maximum absolute atomic E-state index is 10.8. The summed E-state index contributed by atoms with van der Waals surface area (Å²) >= 11 is 0. The third-order valence-electron chi connectivity index (χ3n) is 5.02. The summed E-state index contributed by atoms with van der Waals surface area (Å²) in [5.74, 6) is 1.60. The maximum Gasteiger partial charge on any atom is 0.318 e. The van der Waals surface area contributed by atoms with Crippen molar-refractivity contribution in [1.29, 1.82) is 0 Å². The van der Waals surface area contributed by atoms with Gasteiger partial charge < -0.3 is 29.6 Å². The highest BCUT2D eigenvalue weighted by molar-refractivity contribution is 7.45. The van der Waals surface area contributed by atoms with E-state index in [9.17, 15) is 4.79 Å². The molecule has 0 amide bonds. The minimum absolute atomic E-state index is 0.138. The maximum atomic E-state index is 10.8. The van der Waals surface area contributed by atoms with Gasteiger partial charge in [-0.2, -0.15) is 9.97 Å². The Hall–Kier alpha value is -2.85. The predicted octanol–water partition coefficient (Wildman–Crippen LogP) is 2.48. The monoisotopic (exact) mass is 459 g/mol. The number of nitrogen functional groups attached to an aromatic ring is 1. The molecule has 1 fully saturated rings. The van der Waals surface area contributed by atoms with E-state index >= 15 is 0 Å². The molecule has 1 aliphatic heterocycles. The van der Waals surface area contributed by atoms with Gasteiger partial charge in [-0.05, 0) is 18.6 Å². The highest BCUT2D eigenvalue weighted by Crippen LogP contribution is 2.40. The van der Waals surface area contributed by atoms with Gasteiger partial charge in [-0.15, -0.1) is 0 Å². The second-order valence-electron chi connectivity index (χ2n) is 7.35. The zero-order valence-corrected chi connectivity index (χ0v) is 18.7. The summed E-state index contributed by atoms with van der Waals surface area (Å²) < 4.78 is 20.0. The average molecular weight is 459 g/mol. The number of carbonyl (C=O) groups is 1. The van der Waals surface area contributed by atoms with Crippen LogP contribution in [0.25, 0.3) is 11.2 Å². The van der Waals surface area contributed by atoms with Gasteiger partial charge in [0.05, 0.1) is 25.6 Å². The summed E-state index contributed by atoms with van der Waals surface area (Å²) in [7, 11) is 0.263. The van der Waals surface area contributed by atoms with Crippen molar-refractivity contribution >= 4 is 37.7 Å². The van der Waals surface area contributed by atoms with E-state index in [0.717, 1.165) is 12.7 Å². The summed E-state index contributed by atoms with van der Waals surface area (Å²) in [6.07, 6.45) is 2.83. The molecule has 0 radical (unpaired) electrons. The molecule has 170 valence electrons. The lowest BCUT2D eigenvalue weighted by atomic mass is 10.1. The summed E-state index contributed by atoms with van der Waals surface area (Å²) in [6, 6.07) is 9.33. The minimum atomic E-state index is -1.50. The van der Waals surface area contributed by atoms with Crippen LogP contribution in [0.5, 0.6) is 5.75 Å². The Morgan fingerprint density at radius 3 is 2.91 bits per heavy atom. The Balaban J connectivity index is 1.43. The normalized spacial score (nSPS) is 21.5. The highest BCUT2D eigenvalue weighted by atomic mass is 31.2. The molecule has 32 heavy (non-hydrogen) atoms. The molecule has 4 rings (SSSR count). The largest absolute Gasteiger partial charge is 0.436 e. The molecule has 12 heteroatoms. The van der Waals surface area contributed by atoms with E-state index in [1.165, 1.54) is 0 Å². The lowest BCUT2D eigenvalue weighted by Crippen LogP contribution is -2.20. The molecule has 4 N–H and O–H groups in total. The van der Waals surface area contributed by atoms with Crippen LogP contribution in [-0.2, 0) is 14.1 Å². The standard InChI is InChI=1S/C20H26N7O4P/c1-13-10-15(11-29-32(24-8-9-28)31-14-6-4-3-5-7-14)30-19(13)27-12-23-16-17(22-2)25-20(21)26-18(16)27/h3-7,9,12-13,15,19,24H,8,10-11H2,1-2H3,(H3,21,22,25,26). The first-order valence-corrected chi connectivity index (χ1v) is 11.4. The van der Waals surface area contributed by atoms with E-state index in [1.807, 2.05) is 34.9 Å². The van der Waals surface area contributed by atoms with Gasteiger partial charge in [0.25, 0.3) is 0 Å². The minimum Gasteiger partial charge on any atom is -0.436 e. The molecule has 11 nitrogen and oxygen atoms in total. The number of carbonyl (C=O) groups excluding carboxylic acids is 1. The Labute approximate surface area is 186 Å². The number of fused-ring (bicyclic) bond motifs is 1. The third-order valence-corrected chi connectivity index (χ3v) is 6.22. The van der Waals surface area contributed by atoms with E-state index in [1.54, 1.807) is 13.4 Å². The van der Waals surface area contributed by atoms with Gasteiger partial charge in [0.2, 0.25) is 5.95 Å². The summed E-state index contributed by atoms with van der Waals surface area (Å²) in [5, 5.41) is 5.97. The lowest BCUT2D eigenvalue weighted by molar-refractivity contribution is -0.106. The van der Waals surface area contributed by atoms with Crippen LogP contribution in [0.4, 0.5) is 11.8 Å². The number of aldehydes is 1. The van der Waals surface area contributed by atoms with E-state index in [4.69, 9.17) is 19.5 Å². The van der Waals surface area contributed by atoms with Crippen LogP contribution in [0, 0.1) is 5.92 Å². The van der Waals surface area contributed by atoms with Gasteiger partial charge in [-0.25, -0.2) is 10.1 Å². The number of ether oxygens (including phenoxy) is 1. The van der Waals surface area contributed by atoms with Crippen LogP contribution in [0.15, 0.2) is 36.7 Å². The van der Waals surface area contributed by atoms with Crippen LogP contribution < -0.4 is 20.7 Å². The fourth-order valence-corrected chi connectivity index (χ4v) is 4.65. The molecule has 3 aromatic rings. The second-order valence-corrected chi connectivity index (χ2v) is 8.62. The Morgan fingerprint density at radius 1 is 1.34 bits per heavy atom. The number of nitrogens with two attached hydrogens (primary N) is 1. The molecule has 2 aromatic heterocycles. The zero-order valence-electron chi connectivity index (χ0n) is 17.8. The van der Waals surface area contributed by atoms with Crippen molar-refractivity contribution in [3.05, 3.63) is 36.7 Å². The second kappa shape index (κ2) is 10.2. The van der Waals surface area contributed by atoms with Gasteiger partial charge in [0, 0.05) is 13.0 Å². The van der Waals surface area contributed by atoms with Crippen molar-refractivity contribution in [2.24, 2.45) is 5.92 Å². The van der Waals surface area contributed by atoms with Crippen molar-refractivity contribution in [2.75, 3.05) is 31.2 Å². The van der Waals surface area contributed by atoms with Gasteiger partial charge in [0.1, 0.15) is 18.3 Å². The van der Waals surface area contributed by atoms with Crippen molar-refractivity contribution in [2.45, 2.75) is 25.7 Å². The number of rotatable bonds is 10. The van der Waals surface area contributed by atoms with Crippen molar-refractivity contribution in [3.8, 4) is 5.75 Å². The van der Waals surface area contributed by atoms with E-state index in [-0.39, 0.29) is 30.7 Å². The molecule has 4 atom stereocenters. The summed E-state index contributed by atoms with van der Waals surface area (Å²) in [5.41, 5.74) is 7.11. The lowest BCUT2D eigenvalue weighted by Gasteiger charge is -2.20. The number of para-hydroxylation sites is 1. The highest BCUT2D eigenvalue weighted by Gasteiger charge is 2.35. The molecule has 1 aromatic carbocycles. The molecule has 0 aliphatic carbocycles. The Kier molecular flexibility index (Phi) is 7.11. The van der Waals surface area contributed by atoms with Gasteiger partial charge in [0.15, 0.2) is 17.0 Å². The van der Waals surface area contributed by atoms with Crippen molar-refractivity contribution < 1.29 is 18.6 Å². The molecule has 4 unspecified atom stereocenters. The molecule has 1 aliphatic rings. The Morgan fingerprint density at radius 2 is 2.16 bits per heavy atom. The number of hydrogen-bond donors (Lipinski definition) is 3. The molecule has 0 spiro atoms. The molecular formula is C20H26N7O4P. The molecule has 1 saturated heterocycles. The van der Waals surface area contributed by atoms with E-state index in [2.05, 4.69) is 32.3 Å². The molecular weight excluding hydrogens is 433 g/mol. The average Bonchev–Trinajstić information content (AvgIpc) is 3.38. The van der Waals surface area contributed by atoms with Crippen LogP contribution >= 0.6 is 8.53 Å². The van der Waals surface area contributed by atoms with Gasteiger partial charge in [-0.1, -0.05) is 25.1 Å². The first-order chi connectivity index (χ1) is 15.6. The quantitative estimate of drug-likeness (QED) is 0.306. The van der Waals surface area contributed by atoms with Crippen LogP contribution in [-0.4, -0.2) is 52.1 Å². The van der Waals surface area contributed by atoms with Crippen molar-refractivity contribution in [3.63, 3.8) is 0 Å². The van der Waals surface area contributed by atoms with Crippen LogP contribution in [0.3, 0.4) is 0 Å². The number of hydrogen-bond acceptors (Lipinski definition) is 10. The SMILES string of the molecule is CNc1nc(N)nc2c1ncn2C1OC(COP(NCC=O)Oc2ccccc2)CC1C. The van der Waals surface area contributed by atoms with Gasteiger partial charge >= 0.3 is 8.53 Å². The zero-order chi connectivity index (χ0) is 22.5. The number of nitrogens with one attached hydrogen (secondary N) is 2. The first-order valence-electron chi connectivity index (χ1n) is 10.3. The predicted molar refractivity (Wildman–Crippen MR) is 121 cm³/mol. The van der Waals surface area contributed by atoms with Crippen LogP contribution in [0.1, 0.15) is 19.6 Å². The number of nitrogens with zero attached hydrogens (tertiary/aromatic N) is 4. The van der Waals surface area contributed by atoms with Crippen LogP contribution in [0.2, 0.25) is 0 Å². The molecule has 0 bridgehead atoms. The smallest absolute Gasteiger partial charge is 0.318 e. The third kappa shape index (κ3) is 4.97. The molecule has 0 saturated carbocycles. The number of imidazole rings is 1. The molecule has 3 heterocycles. The number of aromatic nitrogens is 4. The Bertz CT molecular complexity index is 1050. The topological polar surface area (TPSA) is 138 Å². The number of anilines is 2. The fraction of sp³-hybridized carbons (Fsp3) is 0.400. The number of benzene rings is 1. The first kappa shape index (κ1) is 22.3. The summed E-state index contributed by atoms with van der Waals surface area (Å²) in [4.78, 5) is 23.8. The van der Waals surface area contributed by atoms with E-state index in [0.29, 0.717) is 29.3 Å². The van der Waals surface area contributed by atoms with Crippen molar-refractivity contribution in [1.82, 2.24) is 24.6 Å². The van der Waals surface area contributed by atoms with Gasteiger partial charge in [-0.3, -0.25) is 4.57 Å². The van der Waals surface area contributed by atoms with E-state index < -0.39 is 8.53 Å². The summed E-state index contributed by atoms with van der Waals surface area (Å²) in [6.45, 7) is 2.56.